The summed E-state index contributed by atoms with van der Waals surface area (Å²) in [4.78, 5) is 18.2. The van der Waals surface area contributed by atoms with Crippen LogP contribution in [0.2, 0.25) is 5.15 Å². The van der Waals surface area contributed by atoms with Crippen molar-refractivity contribution in [2.75, 3.05) is 23.3 Å². The van der Waals surface area contributed by atoms with Crippen molar-refractivity contribution in [1.82, 2.24) is 15.2 Å². The maximum Gasteiger partial charge on any atom is 0.252 e. The molecule has 1 saturated heterocycles. The summed E-state index contributed by atoms with van der Waals surface area (Å²) < 4.78 is 0. The van der Waals surface area contributed by atoms with Crippen LogP contribution in [0, 0.1) is 6.92 Å². The van der Waals surface area contributed by atoms with E-state index in [-0.39, 0.29) is 16.8 Å². The third-order valence-electron chi connectivity index (χ3n) is 4.09. The Labute approximate surface area is 145 Å². The zero-order valence-corrected chi connectivity index (χ0v) is 14.1. The highest BCUT2D eigenvalue weighted by molar-refractivity contribution is 6.29. The second-order valence-electron chi connectivity index (χ2n) is 5.89. The number of primary amides is 1. The van der Waals surface area contributed by atoms with Gasteiger partial charge in [0, 0.05) is 25.3 Å². The molecule has 0 bridgehead atoms. The van der Waals surface area contributed by atoms with Gasteiger partial charge in [0.15, 0.2) is 11.0 Å². The van der Waals surface area contributed by atoms with Crippen molar-refractivity contribution >= 4 is 29.1 Å². The van der Waals surface area contributed by atoms with Gasteiger partial charge in [-0.15, -0.1) is 10.2 Å². The summed E-state index contributed by atoms with van der Waals surface area (Å²) in [6.07, 6.45) is 3.68. The van der Waals surface area contributed by atoms with Crippen LogP contribution in [0.15, 0.2) is 24.4 Å². The number of amides is 1. The largest absolute Gasteiger partial charge is 0.365 e. The predicted octanol–water partition coefficient (Wildman–Crippen LogP) is 2.01. The third kappa shape index (κ3) is 3.73. The number of carbonyl (C=O) groups is 1. The van der Waals surface area contributed by atoms with Crippen molar-refractivity contribution in [1.29, 1.82) is 0 Å². The zero-order chi connectivity index (χ0) is 17.1. The number of carbonyl (C=O) groups excluding carboxylic acids is 1. The monoisotopic (exact) mass is 346 g/mol. The molecule has 3 heterocycles. The molecule has 126 valence electrons. The van der Waals surface area contributed by atoms with E-state index in [4.69, 9.17) is 17.3 Å². The van der Waals surface area contributed by atoms with E-state index in [2.05, 4.69) is 31.5 Å². The maximum absolute atomic E-state index is 11.5. The van der Waals surface area contributed by atoms with Crippen LogP contribution in [0.1, 0.15) is 28.8 Å². The van der Waals surface area contributed by atoms with E-state index in [0.717, 1.165) is 37.3 Å². The molecule has 0 radical (unpaired) electrons. The van der Waals surface area contributed by atoms with E-state index in [1.807, 2.05) is 19.2 Å². The number of pyridine rings is 1. The van der Waals surface area contributed by atoms with Gasteiger partial charge in [0.2, 0.25) is 0 Å². The molecular weight excluding hydrogens is 328 g/mol. The van der Waals surface area contributed by atoms with Gasteiger partial charge >= 0.3 is 0 Å². The van der Waals surface area contributed by atoms with Crippen LogP contribution in [0.25, 0.3) is 0 Å². The molecule has 0 aliphatic carbocycles. The fourth-order valence-corrected chi connectivity index (χ4v) is 2.90. The standard InChI is InChI=1S/C16H19ClN6O/c1-10-2-3-14(19-9-10)23-6-4-11(5-7-23)20-16-12(15(18)24)8-13(17)21-22-16/h2-3,8-9,11H,4-7H2,1H3,(H2,18,24)(H,20,22). The molecule has 0 spiro atoms. The van der Waals surface area contributed by atoms with Crippen molar-refractivity contribution in [2.45, 2.75) is 25.8 Å². The summed E-state index contributed by atoms with van der Waals surface area (Å²) in [6.45, 7) is 3.78. The van der Waals surface area contributed by atoms with Crippen LogP contribution in [0.3, 0.4) is 0 Å². The van der Waals surface area contributed by atoms with Gasteiger partial charge in [-0.1, -0.05) is 17.7 Å². The Morgan fingerprint density at radius 3 is 2.71 bits per heavy atom. The molecule has 24 heavy (non-hydrogen) atoms. The zero-order valence-electron chi connectivity index (χ0n) is 13.4. The lowest BCUT2D eigenvalue weighted by atomic mass is 10.0. The number of aryl methyl sites for hydroxylation is 1. The number of aromatic nitrogens is 3. The Morgan fingerprint density at radius 2 is 2.08 bits per heavy atom. The Morgan fingerprint density at radius 1 is 1.33 bits per heavy atom. The topological polar surface area (TPSA) is 97.0 Å². The summed E-state index contributed by atoms with van der Waals surface area (Å²) in [6, 6.07) is 5.74. The first-order valence-electron chi connectivity index (χ1n) is 7.80. The molecule has 0 unspecified atom stereocenters. The lowest BCUT2D eigenvalue weighted by molar-refractivity contribution is 0.100. The molecule has 0 aromatic carbocycles. The number of piperidine rings is 1. The SMILES string of the molecule is Cc1ccc(N2CCC(Nc3nnc(Cl)cc3C(N)=O)CC2)nc1. The van der Waals surface area contributed by atoms with E-state index in [9.17, 15) is 4.79 Å². The normalized spacial score (nSPS) is 15.3. The van der Waals surface area contributed by atoms with E-state index in [1.54, 1.807) is 0 Å². The highest BCUT2D eigenvalue weighted by Crippen LogP contribution is 2.22. The van der Waals surface area contributed by atoms with Gasteiger partial charge in [0.25, 0.3) is 5.91 Å². The summed E-state index contributed by atoms with van der Waals surface area (Å²) in [5.41, 5.74) is 6.79. The van der Waals surface area contributed by atoms with Crippen LogP contribution < -0.4 is 16.0 Å². The first-order chi connectivity index (χ1) is 11.5. The Kier molecular flexibility index (Phi) is 4.80. The van der Waals surface area contributed by atoms with Crippen molar-refractivity contribution in [3.8, 4) is 0 Å². The number of hydrogen-bond acceptors (Lipinski definition) is 6. The van der Waals surface area contributed by atoms with Crippen molar-refractivity contribution in [3.63, 3.8) is 0 Å². The van der Waals surface area contributed by atoms with E-state index >= 15 is 0 Å². The molecular formula is C16H19ClN6O. The number of halogens is 1. The molecule has 7 nitrogen and oxygen atoms in total. The highest BCUT2D eigenvalue weighted by Gasteiger charge is 2.22. The summed E-state index contributed by atoms with van der Waals surface area (Å²) in [7, 11) is 0. The predicted molar refractivity (Wildman–Crippen MR) is 93.4 cm³/mol. The smallest absolute Gasteiger partial charge is 0.252 e. The molecule has 2 aromatic heterocycles. The number of nitrogens with two attached hydrogens (primary N) is 1. The van der Waals surface area contributed by atoms with Crippen LogP contribution in [-0.2, 0) is 0 Å². The third-order valence-corrected chi connectivity index (χ3v) is 4.27. The molecule has 1 amide bonds. The lowest BCUT2D eigenvalue weighted by Gasteiger charge is -2.33. The molecule has 3 rings (SSSR count). The van der Waals surface area contributed by atoms with Gasteiger partial charge < -0.3 is 16.0 Å². The molecule has 1 fully saturated rings. The van der Waals surface area contributed by atoms with Gasteiger partial charge in [-0.25, -0.2) is 4.98 Å². The number of nitrogens with zero attached hydrogens (tertiary/aromatic N) is 4. The fourth-order valence-electron chi connectivity index (χ4n) is 2.76. The molecule has 1 aliphatic rings. The van der Waals surface area contributed by atoms with Crippen LogP contribution in [0.4, 0.5) is 11.6 Å². The average molecular weight is 347 g/mol. The summed E-state index contributed by atoms with van der Waals surface area (Å²) >= 11 is 5.78. The van der Waals surface area contributed by atoms with Crippen LogP contribution in [-0.4, -0.2) is 40.2 Å². The highest BCUT2D eigenvalue weighted by atomic mass is 35.5. The molecule has 3 N–H and O–H groups in total. The van der Waals surface area contributed by atoms with Crippen LogP contribution in [0.5, 0.6) is 0 Å². The first-order valence-corrected chi connectivity index (χ1v) is 8.18. The number of rotatable bonds is 4. The second kappa shape index (κ2) is 7.00. The minimum absolute atomic E-state index is 0.148. The quantitative estimate of drug-likeness (QED) is 0.879. The number of anilines is 2. The Bertz CT molecular complexity index is 728. The molecule has 1 aliphatic heterocycles. The van der Waals surface area contributed by atoms with Crippen LogP contribution >= 0.6 is 11.6 Å². The van der Waals surface area contributed by atoms with Gasteiger partial charge in [-0.2, -0.15) is 0 Å². The second-order valence-corrected chi connectivity index (χ2v) is 6.28. The molecule has 0 atom stereocenters. The minimum atomic E-state index is -0.574. The molecule has 8 heteroatoms. The Hall–Kier alpha value is -2.41. The first kappa shape index (κ1) is 16.4. The summed E-state index contributed by atoms with van der Waals surface area (Å²) in [5, 5.41) is 11.2. The summed E-state index contributed by atoms with van der Waals surface area (Å²) in [5.74, 6) is 0.803. The Balaban J connectivity index is 1.63. The number of hydrogen-bond donors (Lipinski definition) is 2. The van der Waals surface area contributed by atoms with Gasteiger partial charge in [-0.05, 0) is 37.5 Å². The van der Waals surface area contributed by atoms with E-state index < -0.39 is 5.91 Å². The van der Waals surface area contributed by atoms with Gasteiger partial charge in [0.05, 0.1) is 5.56 Å². The van der Waals surface area contributed by atoms with Crippen molar-refractivity contribution < 1.29 is 4.79 Å². The van der Waals surface area contributed by atoms with Gasteiger partial charge in [-0.3, -0.25) is 4.79 Å². The van der Waals surface area contributed by atoms with E-state index in [1.165, 1.54) is 6.07 Å². The molecule has 0 saturated carbocycles. The van der Waals surface area contributed by atoms with Crippen molar-refractivity contribution in [3.05, 3.63) is 40.7 Å². The fraction of sp³-hybridized carbons (Fsp3) is 0.375. The lowest BCUT2D eigenvalue weighted by Crippen LogP contribution is -2.40. The number of nitrogens with one attached hydrogen (secondary N) is 1. The minimum Gasteiger partial charge on any atom is -0.365 e. The van der Waals surface area contributed by atoms with E-state index in [0.29, 0.717) is 5.82 Å². The van der Waals surface area contributed by atoms with Crippen molar-refractivity contribution in [2.24, 2.45) is 5.73 Å². The van der Waals surface area contributed by atoms with Gasteiger partial charge in [0.1, 0.15) is 5.82 Å². The average Bonchev–Trinajstić information content (AvgIpc) is 2.58. The molecule has 2 aromatic rings. The maximum atomic E-state index is 11.5.